The quantitative estimate of drug-likeness (QED) is 0.228. The predicted octanol–water partition coefficient (Wildman–Crippen LogP) is 6.61. The van der Waals surface area contributed by atoms with Crippen molar-refractivity contribution in [1.82, 2.24) is 0 Å². The molecule has 37 heavy (non-hydrogen) atoms. The molecule has 0 amide bonds. The van der Waals surface area contributed by atoms with Crippen molar-refractivity contribution < 1.29 is 20.1 Å². The predicted molar refractivity (Wildman–Crippen MR) is 150 cm³/mol. The summed E-state index contributed by atoms with van der Waals surface area (Å²) >= 11 is 0. The lowest BCUT2D eigenvalue weighted by atomic mass is 9.61. The fourth-order valence-corrected chi connectivity index (χ4v) is 7.87. The molecule has 0 aromatic heterocycles. The van der Waals surface area contributed by atoms with Gasteiger partial charge in [0.25, 0.3) is 0 Å². The van der Waals surface area contributed by atoms with Crippen molar-refractivity contribution >= 4 is 5.78 Å². The second kappa shape index (κ2) is 11.7. The van der Waals surface area contributed by atoms with Crippen molar-refractivity contribution in [2.24, 2.45) is 28.6 Å². The first kappa shape index (κ1) is 28.5. The third-order valence-electron chi connectivity index (χ3n) is 10.5. The van der Waals surface area contributed by atoms with Gasteiger partial charge in [-0.3, -0.25) is 4.79 Å². The lowest BCUT2D eigenvalue weighted by Gasteiger charge is -2.44. The van der Waals surface area contributed by atoms with E-state index in [0.717, 1.165) is 49.7 Å². The Morgan fingerprint density at radius 1 is 1.14 bits per heavy atom. The molecule has 4 fully saturated rings. The van der Waals surface area contributed by atoms with Crippen LogP contribution in [0.3, 0.4) is 0 Å². The minimum atomic E-state index is -0.656. The van der Waals surface area contributed by atoms with Crippen molar-refractivity contribution in [3.63, 3.8) is 0 Å². The molecule has 4 heteroatoms. The molecule has 206 valence electrons. The summed E-state index contributed by atoms with van der Waals surface area (Å²) in [5, 5.41) is 31.3. The molecule has 4 nitrogen and oxygen atoms in total. The summed E-state index contributed by atoms with van der Waals surface area (Å²) in [5.74, 6) is 1.72. The van der Waals surface area contributed by atoms with Crippen molar-refractivity contribution in [3.05, 3.63) is 47.6 Å². The van der Waals surface area contributed by atoms with Gasteiger partial charge in [-0.15, -0.1) is 0 Å². The zero-order valence-corrected chi connectivity index (χ0v) is 23.4. The molecule has 0 heterocycles. The van der Waals surface area contributed by atoms with E-state index < -0.39 is 23.7 Å². The van der Waals surface area contributed by atoms with Gasteiger partial charge in [0, 0.05) is 12.8 Å². The number of fused-ring (bicyclic) bond motifs is 1. The smallest absolute Gasteiger partial charge is 0.141 e. The highest BCUT2D eigenvalue weighted by atomic mass is 16.3. The van der Waals surface area contributed by atoms with Crippen LogP contribution in [0.1, 0.15) is 104 Å². The summed E-state index contributed by atoms with van der Waals surface area (Å²) in [5.41, 5.74) is 2.94. The minimum Gasteiger partial charge on any atom is -0.393 e. The Labute approximate surface area is 224 Å². The highest BCUT2D eigenvalue weighted by Gasteiger charge is 2.54. The molecule has 4 saturated carbocycles. The second-order valence-corrected chi connectivity index (χ2v) is 12.9. The van der Waals surface area contributed by atoms with Crippen LogP contribution in [0, 0.1) is 28.6 Å². The molecule has 0 saturated heterocycles. The summed E-state index contributed by atoms with van der Waals surface area (Å²) in [7, 11) is 0. The maximum atomic E-state index is 12.8. The van der Waals surface area contributed by atoms with Crippen LogP contribution in [0.2, 0.25) is 0 Å². The Kier molecular flexibility index (Phi) is 9.03. The number of aliphatic hydroxyl groups is 3. The number of Topliss-reactive ketones (excluding diaryl/α,β-unsaturated/α-hetero) is 1. The van der Waals surface area contributed by atoms with E-state index in [9.17, 15) is 20.1 Å². The van der Waals surface area contributed by atoms with Crippen LogP contribution in [-0.4, -0.2) is 39.4 Å². The molecule has 4 aliphatic carbocycles. The fraction of sp³-hybridized carbons (Fsp3) is 0.727. The molecular weight excluding hydrogens is 460 g/mol. The molecule has 0 aromatic rings. The van der Waals surface area contributed by atoms with E-state index in [2.05, 4.69) is 45.6 Å². The van der Waals surface area contributed by atoms with Crippen molar-refractivity contribution in [1.29, 1.82) is 0 Å². The first-order valence-corrected chi connectivity index (χ1v) is 15.0. The van der Waals surface area contributed by atoms with Crippen LogP contribution in [-0.2, 0) is 4.79 Å². The van der Waals surface area contributed by atoms with Gasteiger partial charge in [-0.05, 0) is 92.1 Å². The Balaban J connectivity index is 1.42. The van der Waals surface area contributed by atoms with Gasteiger partial charge in [0.2, 0.25) is 0 Å². The van der Waals surface area contributed by atoms with E-state index in [4.69, 9.17) is 0 Å². The van der Waals surface area contributed by atoms with Crippen molar-refractivity contribution in [2.75, 3.05) is 0 Å². The Morgan fingerprint density at radius 3 is 2.59 bits per heavy atom. The summed E-state index contributed by atoms with van der Waals surface area (Å²) in [6.45, 7) is 11.0. The molecule has 0 aromatic carbocycles. The topological polar surface area (TPSA) is 77.8 Å². The molecule has 4 rings (SSSR count). The Hall–Kier alpha value is -1.49. The standard InChI is InChI=1S/C33H50O4/c1-5-6-7-10-30(36)33(18-19-33)31(37)16-11-22(2)27-14-15-28-24(9-8-17-32(27,28)4)12-13-25-20-26(34)21-29(35)23(25)3/h11-13,16,22,26-29,31,34-35,37H,3,5-10,14-15,17-21H2,1-2,4H3/b16-11+,24-12+,25-13-/t22-,26-,27-,28?,29+,31?,32-/m1/s1. The molecule has 2 unspecified atom stereocenters. The highest BCUT2D eigenvalue weighted by molar-refractivity contribution is 5.88. The maximum Gasteiger partial charge on any atom is 0.141 e. The highest BCUT2D eigenvalue weighted by Crippen LogP contribution is 2.60. The third kappa shape index (κ3) is 5.92. The third-order valence-corrected chi connectivity index (χ3v) is 10.5. The Morgan fingerprint density at radius 2 is 1.89 bits per heavy atom. The first-order chi connectivity index (χ1) is 17.6. The van der Waals surface area contributed by atoms with Gasteiger partial charge in [0.1, 0.15) is 5.78 Å². The van der Waals surface area contributed by atoms with E-state index in [1.165, 1.54) is 31.3 Å². The number of unbranched alkanes of at least 4 members (excludes halogenated alkanes) is 2. The zero-order valence-electron chi connectivity index (χ0n) is 23.4. The number of rotatable bonds is 10. The van der Waals surface area contributed by atoms with Crippen LogP contribution in [0.15, 0.2) is 47.6 Å². The van der Waals surface area contributed by atoms with Gasteiger partial charge < -0.3 is 15.3 Å². The molecule has 3 N–H and O–H groups in total. The molecule has 7 atom stereocenters. The van der Waals surface area contributed by atoms with Crippen molar-refractivity contribution in [2.45, 2.75) is 123 Å². The van der Waals surface area contributed by atoms with E-state index in [-0.39, 0.29) is 11.2 Å². The van der Waals surface area contributed by atoms with E-state index in [0.29, 0.717) is 37.0 Å². The normalized spacial score (nSPS) is 37.2. The van der Waals surface area contributed by atoms with E-state index in [1.54, 1.807) is 0 Å². The SMILES string of the molecule is C=C1/C(=C\C=C2/CCC[C@@]3(C)C2CC[C@@H]3[C@H](C)/C=C/C(O)C2(C(=O)CCCCC)CC2)C[C@@H](O)C[C@@H]1O. The fourth-order valence-electron chi connectivity index (χ4n) is 7.87. The number of carbonyl (C=O) groups excluding carboxylic acids is 1. The van der Waals surface area contributed by atoms with Crippen LogP contribution >= 0.6 is 0 Å². The van der Waals surface area contributed by atoms with Crippen LogP contribution in [0.5, 0.6) is 0 Å². The molecule has 0 bridgehead atoms. The Bertz CT molecular complexity index is 938. The van der Waals surface area contributed by atoms with Gasteiger partial charge in [0.05, 0.1) is 23.7 Å². The number of hydrogen-bond donors (Lipinski definition) is 3. The molecule has 0 aliphatic heterocycles. The van der Waals surface area contributed by atoms with E-state index in [1.807, 2.05) is 6.08 Å². The van der Waals surface area contributed by atoms with Gasteiger partial charge >= 0.3 is 0 Å². The maximum absolute atomic E-state index is 12.8. The summed E-state index contributed by atoms with van der Waals surface area (Å²) in [4.78, 5) is 12.8. The largest absolute Gasteiger partial charge is 0.393 e. The van der Waals surface area contributed by atoms with Gasteiger partial charge in [-0.2, -0.15) is 0 Å². The number of aliphatic hydroxyl groups excluding tert-OH is 3. The van der Waals surface area contributed by atoms with Gasteiger partial charge in [-0.25, -0.2) is 0 Å². The first-order valence-electron chi connectivity index (χ1n) is 15.0. The number of allylic oxidation sites excluding steroid dienone is 4. The number of hydrogen-bond acceptors (Lipinski definition) is 4. The lowest BCUT2D eigenvalue weighted by Crippen LogP contribution is -2.35. The molecule has 0 radical (unpaired) electrons. The minimum absolute atomic E-state index is 0.229. The van der Waals surface area contributed by atoms with E-state index >= 15 is 0 Å². The van der Waals surface area contributed by atoms with Gasteiger partial charge in [0.15, 0.2) is 0 Å². The molecule has 4 aliphatic rings. The summed E-state index contributed by atoms with van der Waals surface area (Å²) in [6.07, 6.45) is 18.9. The zero-order chi connectivity index (χ0) is 26.8. The van der Waals surface area contributed by atoms with Gasteiger partial charge in [-0.1, -0.05) is 70.1 Å². The average Bonchev–Trinajstić information content (AvgIpc) is 3.60. The van der Waals surface area contributed by atoms with Crippen molar-refractivity contribution in [3.8, 4) is 0 Å². The van der Waals surface area contributed by atoms with Crippen LogP contribution in [0.4, 0.5) is 0 Å². The number of ketones is 1. The van der Waals surface area contributed by atoms with Crippen LogP contribution < -0.4 is 0 Å². The molecular formula is C33H50O4. The summed E-state index contributed by atoms with van der Waals surface area (Å²) in [6, 6.07) is 0. The average molecular weight is 511 g/mol. The summed E-state index contributed by atoms with van der Waals surface area (Å²) < 4.78 is 0. The second-order valence-electron chi connectivity index (χ2n) is 12.9. The monoisotopic (exact) mass is 510 g/mol. The number of carbonyl (C=O) groups is 1. The lowest BCUT2D eigenvalue weighted by molar-refractivity contribution is -0.127. The molecule has 0 spiro atoms. The van der Waals surface area contributed by atoms with Crippen LogP contribution in [0.25, 0.3) is 0 Å².